The molecule has 2 N–H and O–H groups in total. The lowest BCUT2D eigenvalue weighted by Crippen LogP contribution is -2.18. The van der Waals surface area contributed by atoms with Gasteiger partial charge in [-0.3, -0.25) is 9.78 Å². The van der Waals surface area contributed by atoms with Crippen LogP contribution in [0.4, 0.5) is 5.69 Å². The molecule has 0 saturated heterocycles. The van der Waals surface area contributed by atoms with Gasteiger partial charge in [0, 0.05) is 34.4 Å². The summed E-state index contributed by atoms with van der Waals surface area (Å²) in [4.78, 5) is 16.8. The number of amides is 1. The highest BCUT2D eigenvalue weighted by molar-refractivity contribution is 9.10. The summed E-state index contributed by atoms with van der Waals surface area (Å²) in [5.41, 5.74) is 2.35. The number of pyridine rings is 1. The first-order chi connectivity index (χ1) is 13.9. The lowest BCUT2D eigenvalue weighted by atomic mass is 10.2. The van der Waals surface area contributed by atoms with E-state index in [9.17, 15) is 4.79 Å². The largest absolute Gasteiger partial charge is 0.457 e. The third kappa shape index (κ3) is 5.85. The third-order valence-electron chi connectivity index (χ3n) is 3.93. The number of nitrogens with zero attached hydrogens (tertiary/aromatic N) is 1. The van der Waals surface area contributed by atoms with Crippen LogP contribution in [0.2, 0.25) is 0 Å². The highest BCUT2D eigenvalue weighted by atomic mass is 79.9. The van der Waals surface area contributed by atoms with Gasteiger partial charge in [-0.05, 0) is 61.0 Å². The topological polar surface area (TPSA) is 63.2 Å². The summed E-state index contributed by atoms with van der Waals surface area (Å²) >= 11 is 4.99. The first-order valence-electron chi connectivity index (χ1n) is 8.80. The lowest BCUT2D eigenvalue weighted by Gasteiger charge is -2.13. The molecule has 0 aliphatic heterocycles. The molecular weight excluding hydrogens is 450 g/mol. The van der Waals surface area contributed by atoms with Gasteiger partial charge in [0.15, 0.2) is 0 Å². The number of halogens is 1. The molecule has 0 bridgehead atoms. The Labute approximate surface area is 182 Å². The Balaban J connectivity index is 1.66. The maximum absolute atomic E-state index is 11.7. The van der Waals surface area contributed by atoms with Crippen molar-refractivity contribution in [3.63, 3.8) is 0 Å². The van der Waals surface area contributed by atoms with Gasteiger partial charge in [-0.15, -0.1) is 0 Å². The molecule has 0 radical (unpaired) electrons. The predicted octanol–water partition coefficient (Wildman–Crippen LogP) is 5.98. The van der Waals surface area contributed by atoms with E-state index in [2.05, 4.69) is 38.1 Å². The molecular formula is C22H20BrN3O2S. The Morgan fingerprint density at radius 3 is 2.52 bits per heavy atom. The summed E-state index contributed by atoms with van der Waals surface area (Å²) in [5.74, 6) is 0.988. The van der Waals surface area contributed by atoms with E-state index in [1.54, 1.807) is 37.1 Å². The molecule has 0 saturated carbocycles. The SMILES string of the molecule is C=C(Nc1ccc(Br)cc1)Sc1ccc(Oc2ccnc(C(=O)NC)c2)cc1C. The molecule has 7 heteroatoms. The second kappa shape index (κ2) is 9.62. The van der Waals surface area contributed by atoms with E-state index in [-0.39, 0.29) is 5.91 Å². The van der Waals surface area contributed by atoms with Crippen molar-refractivity contribution in [2.24, 2.45) is 0 Å². The van der Waals surface area contributed by atoms with Crippen molar-refractivity contribution in [1.82, 2.24) is 10.3 Å². The zero-order chi connectivity index (χ0) is 20.8. The van der Waals surface area contributed by atoms with Gasteiger partial charge in [0.2, 0.25) is 0 Å². The fourth-order valence-electron chi connectivity index (χ4n) is 2.52. The number of nitrogens with one attached hydrogen (secondary N) is 2. The maximum atomic E-state index is 11.7. The fraction of sp³-hybridized carbons (Fsp3) is 0.0909. The van der Waals surface area contributed by atoms with Crippen molar-refractivity contribution in [1.29, 1.82) is 0 Å². The van der Waals surface area contributed by atoms with Crippen molar-refractivity contribution in [3.05, 3.63) is 88.1 Å². The number of hydrogen-bond donors (Lipinski definition) is 2. The van der Waals surface area contributed by atoms with Gasteiger partial charge in [-0.2, -0.15) is 0 Å². The van der Waals surface area contributed by atoms with E-state index in [0.29, 0.717) is 17.2 Å². The average molecular weight is 470 g/mol. The highest BCUT2D eigenvalue weighted by Crippen LogP contribution is 2.33. The zero-order valence-corrected chi connectivity index (χ0v) is 18.4. The number of carbonyl (C=O) groups is 1. The van der Waals surface area contributed by atoms with Crippen LogP contribution in [0.25, 0.3) is 0 Å². The number of ether oxygens (including phenoxy) is 1. The first kappa shape index (κ1) is 21.0. The van der Waals surface area contributed by atoms with E-state index in [1.165, 1.54) is 0 Å². The minimum absolute atomic E-state index is 0.254. The number of aryl methyl sites for hydroxylation is 1. The van der Waals surface area contributed by atoms with Gasteiger partial charge in [-0.1, -0.05) is 34.3 Å². The predicted molar refractivity (Wildman–Crippen MR) is 122 cm³/mol. The number of rotatable bonds is 7. The van der Waals surface area contributed by atoms with Crippen molar-refractivity contribution in [2.45, 2.75) is 11.8 Å². The van der Waals surface area contributed by atoms with E-state index < -0.39 is 0 Å². The summed E-state index contributed by atoms with van der Waals surface area (Å²) in [7, 11) is 1.57. The van der Waals surface area contributed by atoms with Crippen LogP contribution >= 0.6 is 27.7 Å². The molecule has 0 spiro atoms. The van der Waals surface area contributed by atoms with Crippen LogP contribution in [0.1, 0.15) is 16.1 Å². The normalized spacial score (nSPS) is 10.3. The summed E-state index contributed by atoms with van der Waals surface area (Å²) in [6.45, 7) is 6.12. The van der Waals surface area contributed by atoms with Crippen LogP contribution in [0.3, 0.4) is 0 Å². The minimum atomic E-state index is -0.254. The number of aromatic nitrogens is 1. The standard InChI is InChI=1S/C22H20BrN3O2S/c1-14-12-18(28-19-10-11-25-20(13-19)22(27)24-3)8-9-21(14)29-15(2)26-17-6-4-16(23)5-7-17/h4-13,26H,2H2,1,3H3,(H,24,27). The lowest BCUT2D eigenvalue weighted by molar-refractivity contribution is 0.0958. The summed E-state index contributed by atoms with van der Waals surface area (Å²) in [5, 5.41) is 6.67. The van der Waals surface area contributed by atoms with Crippen LogP contribution in [-0.2, 0) is 0 Å². The van der Waals surface area contributed by atoms with Crippen LogP contribution in [0.5, 0.6) is 11.5 Å². The molecule has 148 valence electrons. The molecule has 5 nitrogen and oxygen atoms in total. The molecule has 0 atom stereocenters. The van der Waals surface area contributed by atoms with Crippen LogP contribution < -0.4 is 15.4 Å². The van der Waals surface area contributed by atoms with Crippen LogP contribution in [-0.4, -0.2) is 17.9 Å². The molecule has 0 aliphatic carbocycles. The van der Waals surface area contributed by atoms with E-state index in [4.69, 9.17) is 4.74 Å². The monoisotopic (exact) mass is 469 g/mol. The number of benzene rings is 2. The number of anilines is 1. The summed E-state index contributed by atoms with van der Waals surface area (Å²) in [6.07, 6.45) is 1.55. The molecule has 1 aromatic heterocycles. The van der Waals surface area contributed by atoms with Gasteiger partial charge in [0.25, 0.3) is 5.91 Å². The maximum Gasteiger partial charge on any atom is 0.269 e. The molecule has 1 amide bonds. The van der Waals surface area contributed by atoms with Crippen molar-refractivity contribution >= 4 is 39.3 Å². The average Bonchev–Trinajstić information content (AvgIpc) is 2.71. The van der Waals surface area contributed by atoms with Gasteiger partial charge in [0.05, 0.1) is 5.03 Å². The molecule has 2 aromatic carbocycles. The molecule has 3 rings (SSSR count). The smallest absolute Gasteiger partial charge is 0.269 e. The van der Waals surface area contributed by atoms with Gasteiger partial charge < -0.3 is 15.4 Å². The number of carbonyl (C=O) groups excluding carboxylic acids is 1. The zero-order valence-electron chi connectivity index (χ0n) is 16.0. The second-order valence-electron chi connectivity index (χ2n) is 6.14. The number of hydrogen-bond acceptors (Lipinski definition) is 5. The van der Waals surface area contributed by atoms with E-state index >= 15 is 0 Å². The minimum Gasteiger partial charge on any atom is -0.457 e. The molecule has 0 unspecified atom stereocenters. The Hall–Kier alpha value is -2.77. The fourth-order valence-corrected chi connectivity index (χ4v) is 3.57. The number of thioether (sulfide) groups is 1. The Kier molecular flexibility index (Phi) is 6.95. The van der Waals surface area contributed by atoms with Gasteiger partial charge in [0.1, 0.15) is 17.2 Å². The molecule has 1 heterocycles. The third-order valence-corrected chi connectivity index (χ3v) is 5.49. The van der Waals surface area contributed by atoms with Crippen molar-refractivity contribution in [3.8, 4) is 11.5 Å². The Morgan fingerprint density at radius 1 is 1.10 bits per heavy atom. The van der Waals surface area contributed by atoms with Gasteiger partial charge >= 0.3 is 0 Å². The Bertz CT molecular complexity index is 1040. The molecule has 0 fully saturated rings. The van der Waals surface area contributed by atoms with Crippen molar-refractivity contribution in [2.75, 3.05) is 12.4 Å². The molecule has 29 heavy (non-hydrogen) atoms. The van der Waals surface area contributed by atoms with Crippen molar-refractivity contribution < 1.29 is 9.53 Å². The quantitative estimate of drug-likeness (QED) is 0.416. The first-order valence-corrected chi connectivity index (χ1v) is 10.4. The highest BCUT2D eigenvalue weighted by Gasteiger charge is 2.09. The molecule has 3 aromatic rings. The van der Waals surface area contributed by atoms with Crippen LogP contribution in [0.15, 0.2) is 81.8 Å². The second-order valence-corrected chi connectivity index (χ2v) is 8.19. The summed E-state index contributed by atoms with van der Waals surface area (Å²) in [6, 6.07) is 17.1. The van der Waals surface area contributed by atoms with Gasteiger partial charge in [-0.25, -0.2) is 0 Å². The van der Waals surface area contributed by atoms with E-state index in [1.807, 2.05) is 49.4 Å². The Morgan fingerprint density at radius 2 is 1.83 bits per heavy atom. The van der Waals surface area contributed by atoms with Crippen LogP contribution in [0, 0.1) is 6.92 Å². The summed E-state index contributed by atoms with van der Waals surface area (Å²) < 4.78 is 6.92. The van der Waals surface area contributed by atoms with E-state index in [0.717, 1.165) is 25.6 Å². The molecule has 0 aliphatic rings.